The van der Waals surface area contributed by atoms with Crippen molar-refractivity contribution in [1.82, 2.24) is 0 Å². The second-order valence-corrected chi connectivity index (χ2v) is 8.93. The quantitative estimate of drug-likeness (QED) is 0.291. The van der Waals surface area contributed by atoms with Gasteiger partial charge in [-0.05, 0) is 83.7 Å². The van der Waals surface area contributed by atoms with Crippen LogP contribution in [0.15, 0.2) is 93.3 Å². The number of allylic oxidation sites excluding steroid dienone is 5. The summed E-state index contributed by atoms with van der Waals surface area (Å²) >= 11 is 1.64. The molecule has 3 heteroatoms. The van der Waals surface area contributed by atoms with Crippen molar-refractivity contribution in [1.29, 1.82) is 0 Å². The predicted molar refractivity (Wildman–Crippen MR) is 130 cm³/mol. The number of benzene rings is 2. The largest absolute Gasteiger partial charge is 0.508 e. The van der Waals surface area contributed by atoms with E-state index >= 15 is 0 Å². The van der Waals surface area contributed by atoms with E-state index in [1.807, 2.05) is 24.3 Å². The molecule has 0 radical (unpaired) electrons. The van der Waals surface area contributed by atoms with E-state index in [2.05, 4.69) is 58.1 Å². The Morgan fingerprint density at radius 1 is 0.867 bits per heavy atom. The second-order valence-electron chi connectivity index (χ2n) is 7.82. The maximum absolute atomic E-state index is 9.86. The van der Waals surface area contributed by atoms with Crippen molar-refractivity contribution in [3.05, 3.63) is 83.5 Å². The minimum Gasteiger partial charge on any atom is -0.508 e. The van der Waals surface area contributed by atoms with Crippen molar-refractivity contribution in [3.63, 3.8) is 0 Å². The van der Waals surface area contributed by atoms with Gasteiger partial charge in [-0.15, -0.1) is 0 Å². The third-order valence-corrected chi connectivity index (χ3v) is 5.76. The van der Waals surface area contributed by atoms with Crippen LogP contribution >= 0.6 is 11.8 Å². The molecule has 0 amide bonds. The van der Waals surface area contributed by atoms with Gasteiger partial charge in [-0.3, -0.25) is 0 Å². The first-order valence-corrected chi connectivity index (χ1v) is 11.4. The SMILES string of the molecule is CC(C)=CCC/C=C(\C)CC/C(C)=C/COc1cc(O)ccc1Sc1ccccc1. The summed E-state index contributed by atoms with van der Waals surface area (Å²) in [5.74, 6) is 0.931. The van der Waals surface area contributed by atoms with Crippen LogP contribution < -0.4 is 4.74 Å². The van der Waals surface area contributed by atoms with Gasteiger partial charge in [-0.1, -0.05) is 58.8 Å². The van der Waals surface area contributed by atoms with Crippen molar-refractivity contribution in [2.24, 2.45) is 0 Å². The second kappa shape index (κ2) is 13.0. The van der Waals surface area contributed by atoms with Gasteiger partial charge in [0.05, 0.1) is 4.90 Å². The van der Waals surface area contributed by atoms with Gasteiger partial charge >= 0.3 is 0 Å². The van der Waals surface area contributed by atoms with Crippen LogP contribution in [-0.2, 0) is 0 Å². The molecule has 0 aromatic heterocycles. The van der Waals surface area contributed by atoms with E-state index in [0.717, 1.165) is 35.5 Å². The lowest BCUT2D eigenvalue weighted by Crippen LogP contribution is -1.96. The van der Waals surface area contributed by atoms with Crippen LogP contribution in [0.4, 0.5) is 0 Å². The minimum atomic E-state index is 0.219. The highest BCUT2D eigenvalue weighted by Crippen LogP contribution is 2.37. The van der Waals surface area contributed by atoms with Crippen molar-refractivity contribution in [3.8, 4) is 11.5 Å². The van der Waals surface area contributed by atoms with Gasteiger partial charge in [-0.25, -0.2) is 0 Å². The van der Waals surface area contributed by atoms with Crippen LogP contribution in [0, 0.1) is 0 Å². The molecule has 0 heterocycles. The fraction of sp³-hybridized carbons (Fsp3) is 0.333. The first-order valence-electron chi connectivity index (χ1n) is 10.6. The molecule has 0 fully saturated rings. The molecule has 160 valence electrons. The van der Waals surface area contributed by atoms with Crippen LogP contribution in [0.3, 0.4) is 0 Å². The van der Waals surface area contributed by atoms with Crippen LogP contribution in [0.2, 0.25) is 0 Å². The Morgan fingerprint density at radius 2 is 1.53 bits per heavy atom. The molecule has 2 nitrogen and oxygen atoms in total. The Hall–Kier alpha value is -2.39. The Kier molecular flexibility index (Phi) is 10.4. The van der Waals surface area contributed by atoms with Gasteiger partial charge in [0.15, 0.2) is 0 Å². The monoisotopic (exact) mass is 422 g/mol. The van der Waals surface area contributed by atoms with Crippen molar-refractivity contribution < 1.29 is 9.84 Å². The number of hydrogen-bond donors (Lipinski definition) is 1. The molecule has 0 saturated heterocycles. The minimum absolute atomic E-state index is 0.219. The Labute approximate surface area is 186 Å². The Morgan fingerprint density at radius 3 is 2.23 bits per heavy atom. The van der Waals surface area contributed by atoms with Crippen molar-refractivity contribution in [2.45, 2.75) is 63.2 Å². The van der Waals surface area contributed by atoms with Gasteiger partial charge in [0.25, 0.3) is 0 Å². The highest BCUT2D eigenvalue weighted by molar-refractivity contribution is 7.99. The molecular formula is C27H34O2S. The zero-order valence-electron chi connectivity index (χ0n) is 18.7. The summed E-state index contributed by atoms with van der Waals surface area (Å²) in [4.78, 5) is 2.15. The fourth-order valence-corrected chi connectivity index (χ4v) is 3.78. The third-order valence-electron chi connectivity index (χ3n) is 4.69. The van der Waals surface area contributed by atoms with Gasteiger partial charge in [0.1, 0.15) is 18.1 Å². The first kappa shape index (κ1) is 23.9. The molecule has 0 spiro atoms. The van der Waals surface area contributed by atoms with E-state index < -0.39 is 0 Å². The van der Waals surface area contributed by atoms with E-state index in [4.69, 9.17) is 4.74 Å². The molecule has 2 rings (SSSR count). The number of ether oxygens (including phenoxy) is 1. The molecule has 30 heavy (non-hydrogen) atoms. The topological polar surface area (TPSA) is 29.5 Å². The number of aromatic hydroxyl groups is 1. The summed E-state index contributed by atoms with van der Waals surface area (Å²) in [5.41, 5.74) is 4.15. The van der Waals surface area contributed by atoms with E-state index in [0.29, 0.717) is 12.4 Å². The zero-order valence-corrected chi connectivity index (χ0v) is 19.5. The van der Waals surface area contributed by atoms with Gasteiger partial charge in [0, 0.05) is 11.0 Å². The molecular weight excluding hydrogens is 388 g/mol. The number of rotatable bonds is 11. The van der Waals surface area contributed by atoms with Crippen LogP contribution in [0.25, 0.3) is 0 Å². The summed E-state index contributed by atoms with van der Waals surface area (Å²) in [5, 5.41) is 9.86. The van der Waals surface area contributed by atoms with Crippen molar-refractivity contribution >= 4 is 11.8 Å². The molecule has 0 atom stereocenters. The standard InChI is InChI=1S/C27H34O2S/c1-21(2)10-8-9-11-22(3)14-15-23(4)18-19-29-26-20-24(28)16-17-27(26)30-25-12-6-5-7-13-25/h5-7,10-13,16-18,20,28H,8-9,14-15,19H2,1-4H3/b22-11+,23-18+. The average molecular weight is 423 g/mol. The lowest BCUT2D eigenvalue weighted by Gasteiger charge is -2.11. The molecule has 0 bridgehead atoms. The summed E-state index contributed by atoms with van der Waals surface area (Å²) in [6.45, 7) is 9.16. The third kappa shape index (κ3) is 9.41. The van der Waals surface area contributed by atoms with E-state index in [1.165, 1.54) is 16.7 Å². The number of phenolic OH excluding ortho intramolecular Hbond substituents is 1. The first-order chi connectivity index (χ1) is 14.4. The number of unbranched alkanes of at least 4 members (excludes halogenated alkanes) is 1. The molecule has 1 N–H and O–H groups in total. The van der Waals surface area contributed by atoms with Crippen molar-refractivity contribution in [2.75, 3.05) is 6.61 Å². The summed E-state index contributed by atoms with van der Waals surface area (Å²) in [7, 11) is 0. The molecule has 2 aromatic carbocycles. The van der Waals surface area contributed by atoms with E-state index in [-0.39, 0.29) is 5.75 Å². The number of hydrogen-bond acceptors (Lipinski definition) is 3. The van der Waals surface area contributed by atoms with Crippen LogP contribution in [0.1, 0.15) is 53.4 Å². The summed E-state index contributed by atoms with van der Waals surface area (Å²) in [6.07, 6.45) is 11.1. The summed E-state index contributed by atoms with van der Waals surface area (Å²) in [6, 6.07) is 15.5. The Balaban J connectivity index is 1.86. The van der Waals surface area contributed by atoms with Crippen LogP contribution in [0.5, 0.6) is 11.5 Å². The lowest BCUT2D eigenvalue weighted by molar-refractivity contribution is 0.349. The molecule has 0 saturated carbocycles. The fourth-order valence-electron chi connectivity index (χ4n) is 2.88. The van der Waals surface area contributed by atoms with E-state index in [9.17, 15) is 5.11 Å². The molecule has 0 aliphatic heterocycles. The summed E-state index contributed by atoms with van der Waals surface area (Å²) < 4.78 is 5.99. The zero-order chi connectivity index (χ0) is 21.8. The molecule has 0 aliphatic carbocycles. The highest BCUT2D eigenvalue weighted by Gasteiger charge is 2.07. The molecule has 0 aliphatic rings. The molecule has 2 aromatic rings. The number of phenols is 1. The smallest absolute Gasteiger partial charge is 0.137 e. The normalized spacial score (nSPS) is 12.0. The molecule has 0 unspecified atom stereocenters. The maximum Gasteiger partial charge on any atom is 0.137 e. The van der Waals surface area contributed by atoms with Gasteiger partial charge < -0.3 is 9.84 Å². The van der Waals surface area contributed by atoms with E-state index in [1.54, 1.807) is 23.9 Å². The van der Waals surface area contributed by atoms with Gasteiger partial charge in [-0.2, -0.15) is 0 Å². The lowest BCUT2D eigenvalue weighted by atomic mass is 10.1. The Bertz CT molecular complexity index is 875. The average Bonchev–Trinajstić information content (AvgIpc) is 2.72. The maximum atomic E-state index is 9.86. The van der Waals surface area contributed by atoms with Gasteiger partial charge in [0.2, 0.25) is 0 Å². The van der Waals surface area contributed by atoms with Crippen LogP contribution in [-0.4, -0.2) is 11.7 Å². The highest BCUT2D eigenvalue weighted by atomic mass is 32.2. The predicted octanol–water partition coefficient (Wildman–Crippen LogP) is 8.34.